The molecule has 0 unspecified atom stereocenters. The monoisotopic (exact) mass is 491 g/mol. The molecule has 33 heavy (non-hydrogen) atoms. The summed E-state index contributed by atoms with van der Waals surface area (Å²) in [6.07, 6.45) is 0. The molecule has 12 heteroatoms. The Balaban J connectivity index is 1.99. The lowest BCUT2D eigenvalue weighted by Gasteiger charge is -2.14. The number of ether oxygens (including phenoxy) is 1. The molecule has 0 fully saturated rings. The van der Waals surface area contributed by atoms with Crippen molar-refractivity contribution < 1.29 is 26.5 Å². The lowest BCUT2D eigenvalue weighted by Crippen LogP contribution is -2.17. The Morgan fingerprint density at radius 1 is 0.818 bits per heavy atom. The zero-order valence-electron chi connectivity index (χ0n) is 17.9. The molecule has 3 aromatic carbocycles. The van der Waals surface area contributed by atoms with E-state index in [0.29, 0.717) is 11.3 Å². The van der Waals surface area contributed by atoms with E-state index < -0.39 is 35.6 Å². The highest BCUT2D eigenvalue weighted by Crippen LogP contribution is 2.31. The lowest BCUT2D eigenvalue weighted by atomic mass is 10.2. The number of sulfonamides is 2. The standard InChI is InChI=1S/C21H21N3O7S2/c1-14-5-4-6-16(11-14)22-32(27,28)20-12-17(8-7-15(20)2)23-33(29,30)21-13-18(24(25)26)9-10-19(21)31-3/h4-13,22-23H,1-3H3. The molecule has 0 heterocycles. The molecule has 10 nitrogen and oxygen atoms in total. The minimum atomic E-state index is -4.35. The highest BCUT2D eigenvalue weighted by atomic mass is 32.2. The van der Waals surface area contributed by atoms with Crippen molar-refractivity contribution >= 4 is 37.1 Å². The van der Waals surface area contributed by atoms with Gasteiger partial charge in [0.25, 0.3) is 25.7 Å². The van der Waals surface area contributed by atoms with Crippen LogP contribution in [0.15, 0.2) is 70.5 Å². The predicted octanol–water partition coefficient (Wildman–Crippen LogP) is 3.82. The maximum Gasteiger partial charge on any atom is 0.271 e. The van der Waals surface area contributed by atoms with Crippen molar-refractivity contribution in [3.05, 3.63) is 81.9 Å². The summed E-state index contributed by atoms with van der Waals surface area (Å²) < 4.78 is 61.6. The summed E-state index contributed by atoms with van der Waals surface area (Å²) in [6.45, 7) is 3.40. The summed E-state index contributed by atoms with van der Waals surface area (Å²) in [5.41, 5.74) is 1.14. The van der Waals surface area contributed by atoms with Gasteiger partial charge in [0.1, 0.15) is 10.6 Å². The first-order valence-corrected chi connectivity index (χ1v) is 12.4. The first kappa shape index (κ1) is 24.0. The molecule has 3 aromatic rings. The number of hydrogen-bond donors (Lipinski definition) is 2. The van der Waals surface area contributed by atoms with Gasteiger partial charge < -0.3 is 4.74 Å². The number of hydrogen-bond acceptors (Lipinski definition) is 7. The molecule has 0 spiro atoms. The summed E-state index contributed by atoms with van der Waals surface area (Å²) in [4.78, 5) is 9.76. The summed E-state index contributed by atoms with van der Waals surface area (Å²) >= 11 is 0. The third-order valence-electron chi connectivity index (χ3n) is 4.65. The number of nitro benzene ring substituents is 1. The van der Waals surface area contributed by atoms with Crippen molar-refractivity contribution in [2.75, 3.05) is 16.6 Å². The fourth-order valence-corrected chi connectivity index (χ4v) is 5.63. The van der Waals surface area contributed by atoms with Crippen molar-refractivity contribution in [3.63, 3.8) is 0 Å². The van der Waals surface area contributed by atoms with E-state index in [1.807, 2.05) is 13.0 Å². The van der Waals surface area contributed by atoms with Gasteiger partial charge >= 0.3 is 0 Å². The van der Waals surface area contributed by atoms with E-state index in [2.05, 4.69) is 9.44 Å². The highest BCUT2D eigenvalue weighted by molar-refractivity contribution is 7.93. The highest BCUT2D eigenvalue weighted by Gasteiger charge is 2.25. The Labute approximate surface area is 191 Å². The molecule has 0 aliphatic rings. The molecule has 0 amide bonds. The largest absolute Gasteiger partial charge is 0.495 e. The minimum Gasteiger partial charge on any atom is -0.495 e. The number of nitrogens with one attached hydrogen (secondary N) is 2. The summed E-state index contributed by atoms with van der Waals surface area (Å²) in [7, 11) is -7.15. The molecule has 0 bridgehead atoms. The molecule has 0 radical (unpaired) electrons. The van der Waals surface area contributed by atoms with Gasteiger partial charge in [0.15, 0.2) is 0 Å². The number of nitro groups is 1. The average molecular weight is 492 g/mol. The number of aryl methyl sites for hydroxylation is 2. The van der Waals surface area contributed by atoms with Gasteiger partial charge in [0.2, 0.25) is 0 Å². The van der Waals surface area contributed by atoms with Crippen LogP contribution in [0, 0.1) is 24.0 Å². The fraction of sp³-hybridized carbons (Fsp3) is 0.143. The third kappa shape index (κ3) is 5.41. The normalized spacial score (nSPS) is 11.6. The Kier molecular flexibility index (Phi) is 6.60. The molecular weight excluding hydrogens is 470 g/mol. The van der Waals surface area contributed by atoms with Crippen LogP contribution in [0.25, 0.3) is 0 Å². The van der Waals surface area contributed by atoms with Gasteiger partial charge in [-0.15, -0.1) is 0 Å². The van der Waals surface area contributed by atoms with Crippen LogP contribution in [0.3, 0.4) is 0 Å². The average Bonchev–Trinajstić information content (AvgIpc) is 2.74. The third-order valence-corrected chi connectivity index (χ3v) is 7.57. The number of rotatable bonds is 8. The maximum atomic E-state index is 13.0. The lowest BCUT2D eigenvalue weighted by molar-refractivity contribution is -0.385. The van der Waals surface area contributed by atoms with Gasteiger partial charge in [-0.25, -0.2) is 16.8 Å². The molecule has 0 saturated carbocycles. The minimum absolute atomic E-state index is 0.0428. The number of non-ortho nitro benzene ring substituents is 1. The van der Waals surface area contributed by atoms with Gasteiger partial charge in [-0.1, -0.05) is 18.2 Å². The fourth-order valence-electron chi connectivity index (χ4n) is 3.07. The van der Waals surface area contributed by atoms with Crippen LogP contribution >= 0.6 is 0 Å². The first-order chi connectivity index (χ1) is 15.4. The molecule has 0 atom stereocenters. The van der Waals surface area contributed by atoms with E-state index in [1.165, 1.54) is 31.4 Å². The van der Waals surface area contributed by atoms with Gasteiger partial charge in [-0.05, 0) is 55.3 Å². The SMILES string of the molecule is COc1ccc([N+](=O)[O-])cc1S(=O)(=O)Nc1ccc(C)c(S(=O)(=O)Nc2cccc(C)c2)c1. The van der Waals surface area contributed by atoms with E-state index in [9.17, 15) is 26.9 Å². The smallest absolute Gasteiger partial charge is 0.271 e. The molecule has 174 valence electrons. The summed E-state index contributed by atoms with van der Waals surface area (Å²) in [5, 5.41) is 11.1. The van der Waals surface area contributed by atoms with Crippen LogP contribution in [-0.4, -0.2) is 28.9 Å². The second kappa shape index (κ2) is 9.08. The Morgan fingerprint density at radius 3 is 2.06 bits per heavy atom. The first-order valence-electron chi connectivity index (χ1n) is 9.48. The van der Waals surface area contributed by atoms with Gasteiger partial charge in [0.05, 0.1) is 22.6 Å². The van der Waals surface area contributed by atoms with Crippen LogP contribution in [0.5, 0.6) is 5.75 Å². The van der Waals surface area contributed by atoms with Gasteiger partial charge in [0, 0.05) is 17.8 Å². The van der Waals surface area contributed by atoms with Crippen molar-refractivity contribution in [2.24, 2.45) is 0 Å². The quantitative estimate of drug-likeness (QED) is 0.360. The summed E-state index contributed by atoms with van der Waals surface area (Å²) in [5.74, 6) is -0.103. The number of benzene rings is 3. The molecular formula is C21H21N3O7S2. The molecule has 0 saturated heterocycles. The van der Waals surface area contributed by atoms with Crippen LogP contribution in [0.2, 0.25) is 0 Å². The molecule has 0 aromatic heterocycles. The molecule has 3 rings (SSSR count). The molecule has 2 N–H and O–H groups in total. The van der Waals surface area contributed by atoms with Crippen molar-refractivity contribution in [1.82, 2.24) is 0 Å². The van der Waals surface area contributed by atoms with Crippen LogP contribution < -0.4 is 14.2 Å². The van der Waals surface area contributed by atoms with Crippen molar-refractivity contribution in [1.29, 1.82) is 0 Å². The Hall–Kier alpha value is -3.64. The van der Waals surface area contributed by atoms with Crippen LogP contribution in [-0.2, 0) is 20.0 Å². The Bertz CT molecular complexity index is 1440. The van der Waals surface area contributed by atoms with E-state index >= 15 is 0 Å². The van der Waals surface area contributed by atoms with E-state index in [0.717, 1.165) is 17.7 Å². The predicted molar refractivity (Wildman–Crippen MR) is 124 cm³/mol. The van der Waals surface area contributed by atoms with Gasteiger partial charge in [-0.3, -0.25) is 19.6 Å². The van der Waals surface area contributed by atoms with E-state index in [-0.39, 0.29) is 16.3 Å². The summed E-state index contributed by atoms with van der Waals surface area (Å²) in [6, 6.07) is 14.0. The zero-order valence-corrected chi connectivity index (χ0v) is 19.5. The topological polar surface area (TPSA) is 145 Å². The van der Waals surface area contributed by atoms with Crippen molar-refractivity contribution in [2.45, 2.75) is 23.6 Å². The number of anilines is 2. The molecule has 0 aliphatic carbocycles. The van der Waals surface area contributed by atoms with E-state index in [4.69, 9.17) is 4.74 Å². The van der Waals surface area contributed by atoms with Crippen LogP contribution in [0.1, 0.15) is 11.1 Å². The number of methoxy groups -OCH3 is 1. The molecule has 0 aliphatic heterocycles. The second-order valence-corrected chi connectivity index (χ2v) is 10.5. The zero-order chi connectivity index (χ0) is 24.4. The Morgan fingerprint density at radius 2 is 1.45 bits per heavy atom. The number of nitrogens with zero attached hydrogens (tertiary/aromatic N) is 1. The second-order valence-electron chi connectivity index (χ2n) is 7.15. The van der Waals surface area contributed by atoms with Crippen molar-refractivity contribution in [3.8, 4) is 5.75 Å². The van der Waals surface area contributed by atoms with Gasteiger partial charge in [-0.2, -0.15) is 0 Å². The van der Waals surface area contributed by atoms with Crippen LogP contribution in [0.4, 0.5) is 17.1 Å². The maximum absolute atomic E-state index is 13.0. The van der Waals surface area contributed by atoms with E-state index in [1.54, 1.807) is 25.1 Å².